The maximum Gasteiger partial charge on any atom is 0.304 e. The second-order valence-corrected chi connectivity index (χ2v) is 23.1. The highest BCUT2D eigenvalue weighted by molar-refractivity contribution is 7.99. The molecule has 7 rings (SSSR count). The van der Waals surface area contributed by atoms with Crippen LogP contribution in [0.25, 0.3) is 10.9 Å². The monoisotopic (exact) mass is 1210 g/mol. The number of carbonyl (C=O) groups is 15. The number of Topliss-reactive ketones (excluding diaryl/α,β-unsaturated/α-hetero) is 2. The number of fused-ring (bicyclic) bond motifs is 5. The predicted octanol–water partition coefficient (Wildman–Crippen LogP) is -2.32. The van der Waals surface area contributed by atoms with Crippen LogP contribution in [0, 0.1) is 17.8 Å². The molecule has 5 aliphatic rings. The topological polar surface area (TPSA) is 397 Å². The summed E-state index contributed by atoms with van der Waals surface area (Å²) < 4.78 is 0. The zero-order valence-corrected chi connectivity index (χ0v) is 48.8. The number of aromatic nitrogens is 1. The Hall–Kier alpha value is -8.60. The number of carbonyl (C=O) groups excluding carboxylic acids is 14. The Morgan fingerprint density at radius 2 is 1.28 bits per heavy atom. The van der Waals surface area contributed by atoms with E-state index in [1.807, 2.05) is 0 Å². The van der Waals surface area contributed by atoms with E-state index in [1.54, 1.807) is 45.9 Å². The van der Waals surface area contributed by atoms with Crippen molar-refractivity contribution in [2.45, 2.75) is 127 Å². The summed E-state index contributed by atoms with van der Waals surface area (Å²) in [6.45, 7) is 4.22. The molecule has 0 radical (unpaired) electrons. The van der Waals surface area contributed by atoms with Crippen molar-refractivity contribution in [3.05, 3.63) is 53.6 Å². The van der Waals surface area contributed by atoms with E-state index >= 15 is 0 Å². The molecule has 0 spiro atoms. The minimum Gasteiger partial charge on any atom is -0.481 e. The van der Waals surface area contributed by atoms with Crippen molar-refractivity contribution in [3.8, 4) is 0 Å². The van der Waals surface area contributed by atoms with Crippen molar-refractivity contribution in [1.29, 1.82) is 0 Å². The molecule has 1 aromatic carbocycles. The van der Waals surface area contributed by atoms with Crippen LogP contribution in [-0.2, 0) is 84.8 Å². The lowest BCUT2D eigenvalue weighted by molar-refractivity contribution is -0.148. The zero-order chi connectivity index (χ0) is 62.7. The molecule has 12 amide bonds. The summed E-state index contributed by atoms with van der Waals surface area (Å²) in [5.41, 5.74) is 1.13. The van der Waals surface area contributed by atoms with Crippen LogP contribution in [0.15, 0.2) is 47.5 Å². The normalized spacial score (nSPS) is 24.6. The fraction of sp³-hybridized carbons (Fsp3) is 0.526. The second-order valence-electron chi connectivity index (χ2n) is 22.0. The minimum absolute atomic E-state index is 0.171. The first kappa shape index (κ1) is 65.0. The maximum atomic E-state index is 14.8. The molecular weight excluding hydrogens is 1140 g/mol. The summed E-state index contributed by atoms with van der Waals surface area (Å²) >= 11 is 0.959. The number of amides is 12. The molecule has 9 atom stereocenters. The SMILES string of the molecule is CCC(C)[C@@H]1NC(=O)[C@@H]2C[C@@H](O)CN2C(=O)[C@H](CC(=O)O)CC(=O)[C@@H]2CSc3[nH]c4ccc(CC(=O)CCC(=O)N(CCN5C(=O)C=CC5=O)CCN5C(=O)C=CC5=O)cc4c3C[C@@H](NC1=O)C(=O)NCC(=O)N[C@@H]([C@@H](C)CC)C(=O)NCC(=O)N2. The molecule has 6 heterocycles. The fourth-order valence-corrected chi connectivity index (χ4v) is 11.8. The minimum atomic E-state index is -1.63. The number of rotatable bonds is 17. The summed E-state index contributed by atoms with van der Waals surface area (Å²) in [6, 6.07) is -2.30. The molecule has 1 aromatic heterocycles. The van der Waals surface area contributed by atoms with Gasteiger partial charge in [0, 0.05) is 112 Å². The van der Waals surface area contributed by atoms with E-state index in [-0.39, 0.29) is 75.5 Å². The number of benzene rings is 1. The van der Waals surface area contributed by atoms with Gasteiger partial charge < -0.3 is 56.9 Å². The van der Waals surface area contributed by atoms with Crippen LogP contribution in [0.3, 0.4) is 0 Å². The van der Waals surface area contributed by atoms with Crippen molar-refractivity contribution in [2.24, 2.45) is 17.8 Å². The molecule has 9 N–H and O–H groups in total. The van der Waals surface area contributed by atoms with Crippen LogP contribution in [0.2, 0.25) is 0 Å². The number of imide groups is 2. The van der Waals surface area contributed by atoms with E-state index in [0.29, 0.717) is 28.5 Å². The van der Waals surface area contributed by atoms with Gasteiger partial charge in [0.1, 0.15) is 30.0 Å². The van der Waals surface area contributed by atoms with Crippen LogP contribution < -0.4 is 31.9 Å². The Morgan fingerprint density at radius 3 is 1.87 bits per heavy atom. The zero-order valence-electron chi connectivity index (χ0n) is 48.0. The van der Waals surface area contributed by atoms with Crippen LogP contribution in [-0.4, -0.2) is 211 Å². The van der Waals surface area contributed by atoms with Crippen molar-refractivity contribution in [3.63, 3.8) is 0 Å². The first-order valence-corrected chi connectivity index (χ1v) is 29.4. The third kappa shape index (κ3) is 16.2. The van der Waals surface area contributed by atoms with E-state index in [1.165, 1.54) is 4.90 Å². The third-order valence-corrected chi connectivity index (χ3v) is 17.1. The van der Waals surface area contributed by atoms with E-state index in [9.17, 15) is 82.1 Å². The molecule has 0 saturated carbocycles. The highest BCUT2D eigenvalue weighted by atomic mass is 32.2. The second kappa shape index (κ2) is 29.0. The fourth-order valence-electron chi connectivity index (χ4n) is 10.7. The number of H-pyrrole nitrogens is 1. The Bertz CT molecular complexity index is 3080. The Morgan fingerprint density at radius 1 is 0.698 bits per heavy atom. The van der Waals surface area contributed by atoms with Crippen molar-refractivity contribution >= 4 is 111 Å². The van der Waals surface area contributed by atoms with Gasteiger partial charge in [0.15, 0.2) is 5.78 Å². The molecule has 86 heavy (non-hydrogen) atoms. The number of aliphatic hydroxyl groups excluding tert-OH is 1. The van der Waals surface area contributed by atoms with Crippen LogP contribution in [0.4, 0.5) is 0 Å². The largest absolute Gasteiger partial charge is 0.481 e. The molecule has 1 saturated heterocycles. The molecule has 0 aliphatic carbocycles. The predicted molar refractivity (Wildman–Crippen MR) is 303 cm³/mol. The van der Waals surface area contributed by atoms with Crippen molar-refractivity contribution in [2.75, 3.05) is 51.6 Å². The molecule has 5 aliphatic heterocycles. The first-order chi connectivity index (χ1) is 40.8. The van der Waals surface area contributed by atoms with Crippen LogP contribution >= 0.6 is 11.8 Å². The average Bonchev–Trinajstić information content (AvgIpc) is 1.88. The Kier molecular flexibility index (Phi) is 21.9. The number of ketones is 2. The lowest BCUT2D eigenvalue weighted by Crippen LogP contribution is -2.59. The number of hydrogen-bond acceptors (Lipinski definition) is 17. The lowest BCUT2D eigenvalue weighted by Gasteiger charge is -2.31. The third-order valence-electron chi connectivity index (χ3n) is 16.0. The number of nitrogens with zero attached hydrogens (tertiary/aromatic N) is 4. The standard InChI is InChI=1S/C57H71N11O17S/c1-5-29(3)50-54(83)59-25-42(72)60-39-28-86-56-36(35-20-31(7-9-37(35)62-56)19-33(69)8-10-44(74)65(15-17-66-45(75)11-12-46(66)76)16-18-67-47(77)13-14-48(67)78)24-38(52(81)58-26-43(73)63-50)61-55(84)51(30(4)6-2)64-53(82)40-23-34(70)27-68(40)57(85)32(21-41(39)71)22-49(79)80/h7,9,11-14,20,29-30,32,34,38-40,50-51,62,70H,5-6,8,10,15-19,21-28H2,1-4H3,(H,58,81)(H,59,83)(H,60,72)(H,61,84)(H,63,73)(H,64,82)(H,79,80)/t29-,30?,32-,34+,38+,39-,40-,50-,51-/m0/s1. The van der Waals surface area contributed by atoms with Gasteiger partial charge >= 0.3 is 5.97 Å². The number of hydrogen-bond donors (Lipinski definition) is 9. The summed E-state index contributed by atoms with van der Waals surface area (Å²) in [7, 11) is 0. The number of aromatic amines is 1. The van der Waals surface area contributed by atoms with Gasteiger partial charge in [0.2, 0.25) is 47.3 Å². The first-order valence-electron chi connectivity index (χ1n) is 28.5. The number of carboxylic acid groups (broad SMARTS) is 1. The molecule has 28 nitrogen and oxygen atoms in total. The molecule has 462 valence electrons. The number of thioether (sulfide) groups is 1. The molecule has 29 heteroatoms. The maximum absolute atomic E-state index is 14.8. The number of nitrogens with one attached hydrogen (secondary N) is 7. The number of aliphatic carboxylic acids is 1. The Labute approximate surface area is 497 Å². The number of carboxylic acids is 1. The summed E-state index contributed by atoms with van der Waals surface area (Å²) in [5, 5.41) is 37.2. The van der Waals surface area contributed by atoms with Gasteiger partial charge in [0.05, 0.1) is 42.6 Å². The van der Waals surface area contributed by atoms with Gasteiger partial charge in [-0.3, -0.25) is 81.7 Å². The van der Waals surface area contributed by atoms with E-state index in [0.717, 1.165) is 50.8 Å². The molecular formula is C57H71N11O17S. The lowest BCUT2D eigenvalue weighted by atomic mass is 9.93. The summed E-state index contributed by atoms with van der Waals surface area (Å²) in [6.07, 6.45) is 0.411. The summed E-state index contributed by atoms with van der Waals surface area (Å²) in [5.74, 6) is -14.9. The summed E-state index contributed by atoms with van der Waals surface area (Å²) in [4.78, 5) is 210. The van der Waals surface area contributed by atoms with E-state index in [2.05, 4.69) is 36.9 Å². The van der Waals surface area contributed by atoms with Gasteiger partial charge in [-0.1, -0.05) is 46.6 Å². The molecule has 2 bridgehead atoms. The van der Waals surface area contributed by atoms with E-state index in [4.69, 9.17) is 0 Å². The van der Waals surface area contributed by atoms with Gasteiger partial charge in [-0.25, -0.2) is 0 Å². The molecule has 1 unspecified atom stereocenters. The van der Waals surface area contributed by atoms with E-state index < -0.39 is 175 Å². The smallest absolute Gasteiger partial charge is 0.304 e. The van der Waals surface area contributed by atoms with Gasteiger partial charge in [-0.05, 0) is 35.1 Å². The van der Waals surface area contributed by atoms with Gasteiger partial charge in [-0.15, -0.1) is 11.8 Å². The molecule has 1 fully saturated rings. The quantitative estimate of drug-likeness (QED) is 0.0751. The average molecular weight is 1210 g/mol. The highest BCUT2D eigenvalue weighted by Crippen LogP contribution is 2.34. The van der Waals surface area contributed by atoms with Gasteiger partial charge in [-0.2, -0.15) is 0 Å². The molecule has 2 aromatic rings. The van der Waals surface area contributed by atoms with Crippen LogP contribution in [0.1, 0.15) is 83.8 Å². The van der Waals surface area contributed by atoms with Crippen LogP contribution in [0.5, 0.6) is 0 Å². The number of aliphatic hydroxyl groups is 1. The van der Waals surface area contributed by atoms with Crippen molar-refractivity contribution in [1.82, 2.24) is 56.5 Å². The Balaban J connectivity index is 1.26. The highest BCUT2D eigenvalue weighted by Gasteiger charge is 2.45. The van der Waals surface area contributed by atoms with Crippen molar-refractivity contribution < 1.29 is 82.1 Å². The van der Waals surface area contributed by atoms with Gasteiger partial charge in [0.25, 0.3) is 23.6 Å².